The van der Waals surface area contributed by atoms with E-state index in [2.05, 4.69) is 23.3 Å². The Kier molecular flexibility index (Phi) is 4.73. The summed E-state index contributed by atoms with van der Waals surface area (Å²) in [4.78, 5) is 2.11. The van der Waals surface area contributed by atoms with Crippen molar-refractivity contribution in [2.24, 2.45) is 5.84 Å². The van der Waals surface area contributed by atoms with Gasteiger partial charge in [-0.2, -0.15) is 0 Å². The molecule has 3 N–H and O–H groups in total. The van der Waals surface area contributed by atoms with E-state index in [1.54, 1.807) is 7.11 Å². The molecule has 4 nitrogen and oxygen atoms in total. The van der Waals surface area contributed by atoms with Crippen LogP contribution in [0.4, 0.5) is 0 Å². The zero-order valence-electron chi connectivity index (χ0n) is 10.4. The van der Waals surface area contributed by atoms with Crippen molar-refractivity contribution >= 4 is 0 Å². The van der Waals surface area contributed by atoms with Crippen LogP contribution in [0.2, 0.25) is 0 Å². The van der Waals surface area contributed by atoms with E-state index in [4.69, 9.17) is 10.6 Å². The van der Waals surface area contributed by atoms with Crippen molar-refractivity contribution in [1.29, 1.82) is 0 Å². The van der Waals surface area contributed by atoms with Crippen molar-refractivity contribution in [3.8, 4) is 5.75 Å². The molecule has 0 aromatic heterocycles. The average Bonchev–Trinajstić information content (AvgIpc) is 2.25. The average molecular weight is 223 g/mol. The topological polar surface area (TPSA) is 50.5 Å². The second-order valence-corrected chi connectivity index (χ2v) is 4.20. The van der Waals surface area contributed by atoms with Crippen molar-refractivity contribution in [2.75, 3.05) is 27.7 Å². The molecule has 1 unspecified atom stereocenters. The highest BCUT2D eigenvalue weighted by atomic mass is 16.5. The molecule has 16 heavy (non-hydrogen) atoms. The van der Waals surface area contributed by atoms with E-state index in [1.165, 1.54) is 11.1 Å². The summed E-state index contributed by atoms with van der Waals surface area (Å²) in [6.07, 6.45) is 0. The highest BCUT2D eigenvalue weighted by molar-refractivity contribution is 5.36. The summed E-state index contributed by atoms with van der Waals surface area (Å²) < 4.78 is 5.18. The number of likely N-dealkylation sites (N-methyl/N-ethyl adjacent to an activating group) is 1. The van der Waals surface area contributed by atoms with E-state index < -0.39 is 0 Å². The quantitative estimate of drug-likeness (QED) is 0.579. The van der Waals surface area contributed by atoms with Crippen molar-refractivity contribution < 1.29 is 4.74 Å². The van der Waals surface area contributed by atoms with Crippen LogP contribution in [0, 0.1) is 6.92 Å². The molecule has 1 aromatic rings. The molecule has 0 aliphatic carbocycles. The summed E-state index contributed by atoms with van der Waals surface area (Å²) in [6, 6.07) is 6.18. The third-order valence-electron chi connectivity index (χ3n) is 2.60. The first-order chi connectivity index (χ1) is 7.58. The minimum Gasteiger partial charge on any atom is -0.497 e. The number of nitrogens with one attached hydrogen (secondary N) is 1. The molecular weight excluding hydrogens is 202 g/mol. The number of nitrogens with zero attached hydrogens (tertiary/aromatic N) is 1. The highest BCUT2D eigenvalue weighted by Crippen LogP contribution is 2.22. The van der Waals surface area contributed by atoms with E-state index in [0.29, 0.717) is 0 Å². The molecule has 0 saturated carbocycles. The van der Waals surface area contributed by atoms with Gasteiger partial charge in [0.2, 0.25) is 0 Å². The van der Waals surface area contributed by atoms with Crippen LogP contribution in [0.3, 0.4) is 0 Å². The SMILES string of the molecule is COc1ccc(C(CN(C)C)NN)c(C)c1. The first-order valence-electron chi connectivity index (χ1n) is 5.34. The number of hydrogen-bond acceptors (Lipinski definition) is 4. The molecule has 1 aromatic carbocycles. The zero-order chi connectivity index (χ0) is 12.1. The van der Waals surface area contributed by atoms with Gasteiger partial charge in [0.25, 0.3) is 0 Å². The molecule has 0 aliphatic heterocycles. The van der Waals surface area contributed by atoms with Crippen LogP contribution in [0.25, 0.3) is 0 Å². The van der Waals surface area contributed by atoms with Gasteiger partial charge in [-0.25, -0.2) is 0 Å². The fourth-order valence-corrected chi connectivity index (χ4v) is 1.77. The maximum absolute atomic E-state index is 5.58. The zero-order valence-corrected chi connectivity index (χ0v) is 10.4. The van der Waals surface area contributed by atoms with Crippen LogP contribution in [0.5, 0.6) is 5.75 Å². The molecule has 0 spiro atoms. The maximum atomic E-state index is 5.58. The Labute approximate surface area is 97.4 Å². The molecule has 0 aliphatic rings. The molecule has 0 saturated heterocycles. The van der Waals surface area contributed by atoms with Crippen LogP contribution >= 0.6 is 0 Å². The van der Waals surface area contributed by atoms with Gasteiger partial charge >= 0.3 is 0 Å². The van der Waals surface area contributed by atoms with Crippen molar-refractivity contribution in [2.45, 2.75) is 13.0 Å². The monoisotopic (exact) mass is 223 g/mol. The van der Waals surface area contributed by atoms with Gasteiger partial charge in [-0.1, -0.05) is 6.07 Å². The lowest BCUT2D eigenvalue weighted by atomic mass is 10.0. The van der Waals surface area contributed by atoms with Crippen LogP contribution < -0.4 is 16.0 Å². The highest BCUT2D eigenvalue weighted by Gasteiger charge is 2.13. The molecule has 0 heterocycles. The Morgan fingerprint density at radius 3 is 2.56 bits per heavy atom. The van der Waals surface area contributed by atoms with Crippen molar-refractivity contribution in [3.05, 3.63) is 29.3 Å². The Morgan fingerprint density at radius 2 is 2.12 bits per heavy atom. The summed E-state index contributed by atoms with van der Waals surface area (Å²) in [5.41, 5.74) is 5.24. The number of nitrogens with two attached hydrogens (primary N) is 1. The second kappa shape index (κ2) is 5.84. The van der Waals surface area contributed by atoms with Crippen LogP contribution in [0.1, 0.15) is 17.2 Å². The van der Waals surface area contributed by atoms with Crippen LogP contribution in [0.15, 0.2) is 18.2 Å². The molecular formula is C12H21N3O. The van der Waals surface area contributed by atoms with Crippen LogP contribution in [-0.2, 0) is 0 Å². The molecule has 1 rings (SSSR count). The predicted molar refractivity (Wildman–Crippen MR) is 66.3 cm³/mol. The number of rotatable bonds is 5. The molecule has 0 radical (unpaired) electrons. The number of hydrogen-bond donors (Lipinski definition) is 2. The van der Waals surface area contributed by atoms with Crippen molar-refractivity contribution in [1.82, 2.24) is 10.3 Å². The normalized spacial score (nSPS) is 12.9. The van der Waals surface area contributed by atoms with Gasteiger partial charge < -0.3 is 9.64 Å². The summed E-state index contributed by atoms with van der Waals surface area (Å²) in [5, 5.41) is 0. The lowest BCUT2D eigenvalue weighted by Gasteiger charge is -2.22. The second-order valence-electron chi connectivity index (χ2n) is 4.20. The van der Waals surface area contributed by atoms with Gasteiger partial charge in [0.1, 0.15) is 5.75 Å². The largest absolute Gasteiger partial charge is 0.497 e. The molecule has 0 amide bonds. The number of ether oxygens (including phenoxy) is 1. The van der Waals surface area contributed by atoms with Crippen molar-refractivity contribution in [3.63, 3.8) is 0 Å². The first-order valence-corrected chi connectivity index (χ1v) is 5.34. The Morgan fingerprint density at radius 1 is 1.44 bits per heavy atom. The number of benzene rings is 1. The van der Waals surface area contributed by atoms with E-state index in [0.717, 1.165) is 12.3 Å². The van der Waals surface area contributed by atoms with Gasteiger partial charge in [0, 0.05) is 6.54 Å². The predicted octanol–water partition coefficient (Wildman–Crippen LogP) is 1.07. The summed E-state index contributed by atoms with van der Waals surface area (Å²) in [5.74, 6) is 6.46. The Bertz CT molecular complexity index is 339. The lowest BCUT2D eigenvalue weighted by molar-refractivity contribution is 0.343. The Hall–Kier alpha value is -1.10. The van der Waals surface area contributed by atoms with E-state index in [9.17, 15) is 0 Å². The minimum atomic E-state index is 0.140. The smallest absolute Gasteiger partial charge is 0.119 e. The van der Waals surface area contributed by atoms with Crippen LogP contribution in [-0.4, -0.2) is 32.6 Å². The third kappa shape index (κ3) is 3.20. The summed E-state index contributed by atoms with van der Waals surface area (Å²) in [7, 11) is 5.74. The molecule has 90 valence electrons. The maximum Gasteiger partial charge on any atom is 0.119 e. The molecule has 4 heteroatoms. The third-order valence-corrected chi connectivity index (χ3v) is 2.60. The van der Waals surface area contributed by atoms with Gasteiger partial charge in [-0.05, 0) is 44.3 Å². The van der Waals surface area contributed by atoms with Gasteiger partial charge in [0.15, 0.2) is 0 Å². The Balaban J connectivity index is 2.92. The number of hydrazine groups is 1. The van der Waals surface area contributed by atoms with Gasteiger partial charge in [-0.3, -0.25) is 11.3 Å². The van der Waals surface area contributed by atoms with E-state index in [1.807, 2.05) is 26.2 Å². The van der Waals surface area contributed by atoms with E-state index in [-0.39, 0.29) is 6.04 Å². The van der Waals surface area contributed by atoms with Gasteiger partial charge in [-0.15, -0.1) is 0 Å². The van der Waals surface area contributed by atoms with E-state index >= 15 is 0 Å². The standard InChI is InChI=1S/C12H21N3O/c1-9-7-10(16-4)5-6-11(9)12(14-13)8-15(2)3/h5-7,12,14H,8,13H2,1-4H3. The molecule has 0 fully saturated rings. The van der Waals surface area contributed by atoms with Gasteiger partial charge in [0.05, 0.1) is 13.2 Å². The number of methoxy groups -OCH3 is 1. The first kappa shape index (κ1) is 13.0. The minimum absolute atomic E-state index is 0.140. The summed E-state index contributed by atoms with van der Waals surface area (Å²) >= 11 is 0. The fourth-order valence-electron chi connectivity index (χ4n) is 1.77. The fraction of sp³-hybridized carbons (Fsp3) is 0.500. The lowest BCUT2D eigenvalue weighted by Crippen LogP contribution is -2.35. The number of aryl methyl sites for hydroxylation is 1. The molecule has 0 bridgehead atoms. The molecule has 1 atom stereocenters. The summed E-state index contributed by atoms with van der Waals surface area (Å²) in [6.45, 7) is 2.93.